The first-order valence-electron chi connectivity index (χ1n) is 14.5. The van der Waals surface area contributed by atoms with Crippen molar-refractivity contribution >= 4 is 50.3 Å². The van der Waals surface area contributed by atoms with Crippen molar-refractivity contribution in [1.82, 2.24) is 19.0 Å². The monoisotopic (exact) mass is 644 g/mol. The van der Waals surface area contributed by atoms with Gasteiger partial charge in [-0.25, -0.2) is 13.1 Å². The fourth-order valence-corrected chi connectivity index (χ4v) is 8.17. The molecule has 44 heavy (non-hydrogen) atoms. The van der Waals surface area contributed by atoms with Crippen LogP contribution in [0.5, 0.6) is 5.75 Å². The second-order valence-corrected chi connectivity index (χ2v) is 14.3. The van der Waals surface area contributed by atoms with Gasteiger partial charge in [0.1, 0.15) is 15.8 Å². The van der Waals surface area contributed by atoms with Crippen molar-refractivity contribution < 1.29 is 17.9 Å². The smallest absolute Gasteiger partial charge is 0.266 e. The standard InChI is InChI=1S/C33H32N4O4S3/c1-41-28-16-14-24(15-17-28)22-36-32(38)30(43-33(36)42)21-26-23-37(27-11-5-4-6-12-27)34-31(26)25-10-9-13-29(20-25)44(39,40)35-18-7-2-3-8-19-35/h4-6,9-17,20-21,23H,2-3,7-8,18-19,22H2,1H3. The zero-order chi connectivity index (χ0) is 30.7. The lowest BCUT2D eigenvalue weighted by Crippen LogP contribution is -2.31. The van der Waals surface area contributed by atoms with Crippen molar-refractivity contribution in [2.75, 3.05) is 20.2 Å². The van der Waals surface area contributed by atoms with Crippen LogP contribution in [-0.4, -0.2) is 57.8 Å². The van der Waals surface area contributed by atoms with Gasteiger partial charge in [0.15, 0.2) is 0 Å². The molecule has 11 heteroatoms. The number of thiocarbonyl (C=S) groups is 1. The highest BCUT2D eigenvalue weighted by Gasteiger charge is 2.33. The Kier molecular flexibility index (Phi) is 8.99. The molecular weight excluding hydrogens is 613 g/mol. The molecule has 0 atom stereocenters. The molecule has 3 heterocycles. The molecule has 226 valence electrons. The van der Waals surface area contributed by atoms with Gasteiger partial charge >= 0.3 is 0 Å². The number of amides is 1. The highest BCUT2D eigenvalue weighted by molar-refractivity contribution is 8.26. The third kappa shape index (κ3) is 6.37. The van der Waals surface area contributed by atoms with Crippen molar-refractivity contribution in [1.29, 1.82) is 0 Å². The van der Waals surface area contributed by atoms with E-state index in [2.05, 4.69) is 0 Å². The molecule has 2 aliphatic rings. The SMILES string of the molecule is COc1ccc(CN2C(=O)C(=Cc3cn(-c4ccccc4)nc3-c3cccc(S(=O)(=O)N4CCCCCC4)c3)SC2=S)cc1. The Hall–Kier alpha value is -3.77. The Balaban J connectivity index is 1.36. The molecule has 0 N–H and O–H groups in total. The van der Waals surface area contributed by atoms with Crippen LogP contribution in [0.15, 0.2) is 94.9 Å². The molecule has 0 bridgehead atoms. The number of rotatable bonds is 8. The number of thioether (sulfide) groups is 1. The minimum Gasteiger partial charge on any atom is -0.497 e. The second-order valence-electron chi connectivity index (χ2n) is 10.7. The third-order valence-electron chi connectivity index (χ3n) is 7.73. The molecule has 3 aromatic carbocycles. The van der Waals surface area contributed by atoms with Gasteiger partial charge in [-0.2, -0.15) is 9.40 Å². The summed E-state index contributed by atoms with van der Waals surface area (Å²) in [6, 6.07) is 24.1. The topological polar surface area (TPSA) is 84.7 Å². The third-order valence-corrected chi connectivity index (χ3v) is 11.0. The lowest BCUT2D eigenvalue weighted by atomic mass is 10.1. The summed E-state index contributed by atoms with van der Waals surface area (Å²) in [6.07, 6.45) is 7.46. The number of ether oxygens (including phenoxy) is 1. The van der Waals surface area contributed by atoms with E-state index in [0.717, 1.165) is 42.7 Å². The van der Waals surface area contributed by atoms with Crippen LogP contribution in [0.3, 0.4) is 0 Å². The number of benzene rings is 3. The number of carbonyl (C=O) groups is 1. The molecular formula is C33H32N4O4S3. The van der Waals surface area contributed by atoms with Gasteiger partial charge in [0.2, 0.25) is 10.0 Å². The number of aromatic nitrogens is 2. The molecule has 2 saturated heterocycles. The summed E-state index contributed by atoms with van der Waals surface area (Å²) in [6.45, 7) is 1.40. The summed E-state index contributed by atoms with van der Waals surface area (Å²) in [4.78, 5) is 15.9. The van der Waals surface area contributed by atoms with E-state index in [1.54, 1.807) is 45.3 Å². The molecule has 6 rings (SSSR count). The number of para-hydroxylation sites is 1. The molecule has 1 aromatic heterocycles. The molecule has 4 aromatic rings. The van der Waals surface area contributed by atoms with Crippen LogP contribution >= 0.6 is 24.0 Å². The number of methoxy groups -OCH3 is 1. The Morgan fingerprint density at radius 2 is 1.68 bits per heavy atom. The first kappa shape index (κ1) is 30.3. The van der Waals surface area contributed by atoms with E-state index in [-0.39, 0.29) is 10.8 Å². The second kappa shape index (κ2) is 13.1. The quantitative estimate of drug-likeness (QED) is 0.160. The number of hydrogen-bond donors (Lipinski definition) is 0. The maximum Gasteiger partial charge on any atom is 0.266 e. The Morgan fingerprint density at radius 1 is 0.955 bits per heavy atom. The summed E-state index contributed by atoms with van der Waals surface area (Å²) in [5, 5.41) is 4.88. The molecule has 0 aliphatic carbocycles. The average molecular weight is 645 g/mol. The zero-order valence-corrected chi connectivity index (χ0v) is 26.7. The lowest BCUT2D eigenvalue weighted by Gasteiger charge is -2.20. The van der Waals surface area contributed by atoms with Crippen LogP contribution in [0.4, 0.5) is 0 Å². The summed E-state index contributed by atoms with van der Waals surface area (Å²) >= 11 is 6.85. The fraction of sp³-hybridized carbons (Fsp3) is 0.242. The van der Waals surface area contributed by atoms with Crippen LogP contribution < -0.4 is 4.74 Å². The van der Waals surface area contributed by atoms with E-state index in [9.17, 15) is 13.2 Å². The van der Waals surface area contributed by atoms with E-state index in [1.807, 2.05) is 66.9 Å². The predicted molar refractivity (Wildman–Crippen MR) is 178 cm³/mol. The van der Waals surface area contributed by atoms with Crippen molar-refractivity contribution in [3.63, 3.8) is 0 Å². The molecule has 2 fully saturated rings. The molecule has 0 radical (unpaired) electrons. The van der Waals surface area contributed by atoms with E-state index in [0.29, 0.717) is 45.7 Å². The Labute approximate surface area is 267 Å². The van der Waals surface area contributed by atoms with Crippen LogP contribution in [0.25, 0.3) is 23.0 Å². The predicted octanol–water partition coefficient (Wildman–Crippen LogP) is 6.51. The molecule has 0 unspecified atom stereocenters. The van der Waals surface area contributed by atoms with Crippen molar-refractivity contribution in [3.05, 3.63) is 101 Å². The largest absolute Gasteiger partial charge is 0.497 e. The number of carbonyl (C=O) groups excluding carboxylic acids is 1. The molecule has 0 spiro atoms. The summed E-state index contributed by atoms with van der Waals surface area (Å²) in [5.41, 5.74) is 3.68. The van der Waals surface area contributed by atoms with E-state index >= 15 is 0 Å². The lowest BCUT2D eigenvalue weighted by molar-refractivity contribution is -0.122. The van der Waals surface area contributed by atoms with Gasteiger partial charge in [0.05, 0.1) is 29.1 Å². The number of hydrogen-bond acceptors (Lipinski definition) is 7. The minimum absolute atomic E-state index is 0.188. The van der Waals surface area contributed by atoms with Crippen molar-refractivity contribution in [2.45, 2.75) is 37.1 Å². The van der Waals surface area contributed by atoms with E-state index in [4.69, 9.17) is 22.1 Å². The van der Waals surface area contributed by atoms with Gasteiger partial charge in [-0.3, -0.25) is 9.69 Å². The number of nitrogens with zero attached hydrogens (tertiary/aromatic N) is 4. The maximum atomic E-state index is 13.6. The van der Waals surface area contributed by atoms with Crippen molar-refractivity contribution in [3.8, 4) is 22.7 Å². The molecule has 0 saturated carbocycles. The highest BCUT2D eigenvalue weighted by atomic mass is 32.2. The van der Waals surface area contributed by atoms with Gasteiger partial charge in [-0.1, -0.05) is 79.3 Å². The normalized spacial score (nSPS) is 17.3. The zero-order valence-electron chi connectivity index (χ0n) is 24.3. The first-order valence-corrected chi connectivity index (χ1v) is 17.1. The summed E-state index contributed by atoms with van der Waals surface area (Å²) in [5.74, 6) is 0.553. The first-order chi connectivity index (χ1) is 21.3. The van der Waals surface area contributed by atoms with E-state index in [1.165, 1.54) is 11.8 Å². The Bertz CT molecular complexity index is 1810. The maximum absolute atomic E-state index is 13.6. The Morgan fingerprint density at radius 3 is 2.39 bits per heavy atom. The van der Waals surface area contributed by atoms with Crippen LogP contribution in [0.1, 0.15) is 36.8 Å². The van der Waals surface area contributed by atoms with Crippen LogP contribution in [0, 0.1) is 0 Å². The van der Waals surface area contributed by atoms with Gasteiger partial charge in [-0.15, -0.1) is 0 Å². The van der Waals surface area contributed by atoms with Crippen molar-refractivity contribution in [2.24, 2.45) is 0 Å². The summed E-state index contributed by atoms with van der Waals surface area (Å²) < 4.78 is 36.3. The van der Waals surface area contributed by atoms with Gasteiger partial charge in [0, 0.05) is 30.4 Å². The molecule has 1 amide bonds. The minimum atomic E-state index is -3.66. The van der Waals surface area contributed by atoms with Gasteiger partial charge in [0.25, 0.3) is 5.91 Å². The highest BCUT2D eigenvalue weighted by Crippen LogP contribution is 2.36. The molecule has 8 nitrogen and oxygen atoms in total. The number of sulfonamides is 1. The van der Waals surface area contributed by atoms with Gasteiger partial charge < -0.3 is 4.74 Å². The molecule has 2 aliphatic heterocycles. The van der Waals surface area contributed by atoms with Crippen LogP contribution in [-0.2, 0) is 21.4 Å². The van der Waals surface area contributed by atoms with Crippen LogP contribution in [0.2, 0.25) is 0 Å². The van der Waals surface area contributed by atoms with Gasteiger partial charge in [-0.05, 0) is 60.9 Å². The fourth-order valence-electron chi connectivity index (χ4n) is 5.36. The van der Waals surface area contributed by atoms with E-state index < -0.39 is 10.0 Å². The summed E-state index contributed by atoms with van der Waals surface area (Å²) in [7, 11) is -2.05. The average Bonchev–Trinajstić information content (AvgIpc) is 3.43.